The van der Waals surface area contributed by atoms with Gasteiger partial charge in [0.15, 0.2) is 5.75 Å². The molecule has 2 aliphatic heterocycles. The van der Waals surface area contributed by atoms with Crippen molar-refractivity contribution in [1.82, 2.24) is 10.6 Å². The lowest BCUT2D eigenvalue weighted by atomic mass is 9.74. The van der Waals surface area contributed by atoms with Crippen molar-refractivity contribution in [3.05, 3.63) is 54.1 Å². The molecule has 27 heavy (non-hydrogen) atoms. The number of benzene rings is 2. The van der Waals surface area contributed by atoms with Crippen LogP contribution < -0.4 is 15.4 Å². The Morgan fingerprint density at radius 3 is 2.63 bits per heavy atom. The summed E-state index contributed by atoms with van der Waals surface area (Å²) >= 11 is 6.36. The van der Waals surface area contributed by atoms with Gasteiger partial charge in [-0.2, -0.15) is 0 Å². The highest BCUT2D eigenvalue weighted by atomic mass is 35.5. The van der Waals surface area contributed by atoms with Crippen LogP contribution >= 0.6 is 11.6 Å². The van der Waals surface area contributed by atoms with E-state index in [1.165, 1.54) is 0 Å². The Labute approximate surface area is 162 Å². The average molecular weight is 386 g/mol. The fraction of sp³-hybridized carbons (Fsp3) is 0.300. The van der Waals surface area contributed by atoms with Gasteiger partial charge >= 0.3 is 5.97 Å². The third-order valence-electron chi connectivity index (χ3n) is 5.11. The van der Waals surface area contributed by atoms with Crippen LogP contribution in [0.5, 0.6) is 11.5 Å². The van der Waals surface area contributed by atoms with Gasteiger partial charge in [-0.15, -0.1) is 11.6 Å². The van der Waals surface area contributed by atoms with Gasteiger partial charge in [0.05, 0.1) is 5.71 Å². The summed E-state index contributed by atoms with van der Waals surface area (Å²) in [6.45, 7) is 1.94. The van der Waals surface area contributed by atoms with Crippen LogP contribution in [0.1, 0.15) is 5.56 Å². The number of nitrogens with zero attached hydrogens (tertiary/aromatic N) is 1. The Hall–Kier alpha value is -2.41. The van der Waals surface area contributed by atoms with E-state index in [-0.39, 0.29) is 5.88 Å². The number of carbonyl (C=O) groups is 1. The van der Waals surface area contributed by atoms with Gasteiger partial charge in [0.1, 0.15) is 16.9 Å². The number of aliphatic imine (C=N–C) groups is 1. The molecule has 2 atom stereocenters. The SMILES string of the molecule is O=C(O)C(CCl)(C1=Nc2ccccc2Oc2ccccc21)C1CNCCN1. The number of fused-ring (bicyclic) bond motifs is 2. The summed E-state index contributed by atoms with van der Waals surface area (Å²) in [5.74, 6) is 0.0349. The third-order valence-corrected chi connectivity index (χ3v) is 5.53. The molecule has 2 heterocycles. The number of piperazine rings is 1. The number of nitrogens with one attached hydrogen (secondary N) is 2. The molecule has 3 N–H and O–H groups in total. The number of ether oxygens (including phenoxy) is 1. The molecule has 7 heteroatoms. The van der Waals surface area contributed by atoms with E-state index in [2.05, 4.69) is 10.6 Å². The molecule has 4 rings (SSSR count). The fourth-order valence-corrected chi connectivity index (χ4v) is 4.08. The van der Waals surface area contributed by atoms with Gasteiger partial charge in [-0.3, -0.25) is 4.79 Å². The van der Waals surface area contributed by atoms with Gasteiger partial charge in [-0.05, 0) is 24.3 Å². The van der Waals surface area contributed by atoms with Crippen molar-refractivity contribution in [2.45, 2.75) is 6.04 Å². The molecule has 2 aromatic rings. The van der Waals surface area contributed by atoms with Crippen LogP contribution in [0.3, 0.4) is 0 Å². The number of carboxylic acid groups (broad SMARTS) is 1. The number of aliphatic carboxylic acids is 1. The van der Waals surface area contributed by atoms with Gasteiger partial charge in [-0.1, -0.05) is 24.3 Å². The first-order chi connectivity index (χ1) is 13.2. The monoisotopic (exact) mass is 385 g/mol. The smallest absolute Gasteiger partial charge is 0.318 e. The maximum atomic E-state index is 12.6. The number of rotatable bonds is 4. The summed E-state index contributed by atoms with van der Waals surface area (Å²) in [6.07, 6.45) is 0. The second-order valence-electron chi connectivity index (χ2n) is 6.65. The Morgan fingerprint density at radius 2 is 1.93 bits per heavy atom. The highest BCUT2D eigenvalue weighted by Gasteiger charge is 2.51. The average Bonchev–Trinajstić information content (AvgIpc) is 2.87. The molecule has 2 aromatic carbocycles. The molecular formula is C20H20ClN3O3. The molecule has 0 aromatic heterocycles. The van der Waals surface area contributed by atoms with Gasteiger partial charge < -0.3 is 20.5 Å². The Morgan fingerprint density at radius 1 is 1.19 bits per heavy atom. The van der Waals surface area contributed by atoms with E-state index in [9.17, 15) is 9.90 Å². The number of carboxylic acids is 1. The molecule has 0 bridgehead atoms. The first-order valence-electron chi connectivity index (χ1n) is 8.85. The van der Waals surface area contributed by atoms with Gasteiger partial charge in [0.2, 0.25) is 0 Å². The molecule has 2 aliphatic rings. The lowest BCUT2D eigenvalue weighted by Crippen LogP contribution is -2.63. The van der Waals surface area contributed by atoms with E-state index in [1.54, 1.807) is 0 Å². The molecule has 1 saturated heterocycles. The van der Waals surface area contributed by atoms with Gasteiger partial charge in [0, 0.05) is 37.1 Å². The Bertz CT molecular complexity index is 896. The first-order valence-corrected chi connectivity index (χ1v) is 9.39. The van der Waals surface area contributed by atoms with Crippen molar-refractivity contribution in [3.8, 4) is 11.5 Å². The maximum absolute atomic E-state index is 12.6. The van der Waals surface area contributed by atoms with Crippen LogP contribution in [0, 0.1) is 5.41 Å². The van der Waals surface area contributed by atoms with Crippen molar-refractivity contribution in [1.29, 1.82) is 0 Å². The van der Waals surface area contributed by atoms with Crippen molar-refractivity contribution in [2.75, 3.05) is 25.5 Å². The quantitative estimate of drug-likeness (QED) is 0.705. The molecule has 2 unspecified atom stereocenters. The van der Waals surface area contributed by atoms with Crippen molar-refractivity contribution in [3.63, 3.8) is 0 Å². The summed E-state index contributed by atoms with van der Waals surface area (Å²) in [4.78, 5) is 17.4. The lowest BCUT2D eigenvalue weighted by molar-refractivity contribution is -0.145. The molecule has 0 saturated carbocycles. The van der Waals surface area contributed by atoms with E-state index < -0.39 is 17.4 Å². The largest absolute Gasteiger partial charge is 0.480 e. The summed E-state index contributed by atoms with van der Waals surface area (Å²) in [5.41, 5.74) is 0.227. The zero-order valence-electron chi connectivity index (χ0n) is 14.6. The van der Waals surface area contributed by atoms with Crippen LogP contribution in [0.2, 0.25) is 0 Å². The molecule has 0 radical (unpaired) electrons. The Balaban J connectivity index is 1.97. The van der Waals surface area contributed by atoms with Gasteiger partial charge in [-0.25, -0.2) is 4.99 Å². The van der Waals surface area contributed by atoms with E-state index in [1.807, 2.05) is 48.5 Å². The predicted molar refractivity (Wildman–Crippen MR) is 105 cm³/mol. The van der Waals surface area contributed by atoms with Crippen LogP contribution in [0.25, 0.3) is 0 Å². The normalized spacial score (nSPS) is 20.9. The van der Waals surface area contributed by atoms with Gasteiger partial charge in [0.25, 0.3) is 0 Å². The molecule has 6 nitrogen and oxygen atoms in total. The number of hydrogen-bond donors (Lipinski definition) is 3. The standard InChI is InChI=1S/C20H20ClN3O3/c21-12-20(19(25)26,17-11-22-9-10-23-17)18-13-5-1-3-7-15(13)27-16-8-4-2-6-14(16)24-18/h1-8,17,22-23H,9-12H2,(H,25,26). The minimum Gasteiger partial charge on any atom is -0.480 e. The molecule has 0 spiro atoms. The zero-order chi connectivity index (χ0) is 18.9. The molecule has 140 valence electrons. The highest BCUT2D eigenvalue weighted by Crippen LogP contribution is 2.42. The van der Waals surface area contributed by atoms with E-state index in [0.29, 0.717) is 41.6 Å². The zero-order valence-corrected chi connectivity index (χ0v) is 15.4. The highest BCUT2D eigenvalue weighted by molar-refractivity contribution is 6.27. The molecule has 0 amide bonds. The Kier molecular flexibility index (Phi) is 4.86. The summed E-state index contributed by atoms with van der Waals surface area (Å²) < 4.78 is 6.05. The van der Waals surface area contributed by atoms with Crippen LogP contribution in [0.4, 0.5) is 5.69 Å². The predicted octanol–water partition coefficient (Wildman–Crippen LogP) is 2.78. The third kappa shape index (κ3) is 3.00. The number of halogens is 1. The minimum atomic E-state index is -1.41. The van der Waals surface area contributed by atoms with Crippen molar-refractivity contribution >= 4 is 29.0 Å². The minimum absolute atomic E-state index is 0.114. The van der Waals surface area contributed by atoms with Crippen molar-refractivity contribution in [2.24, 2.45) is 10.4 Å². The summed E-state index contributed by atoms with van der Waals surface area (Å²) in [5, 5.41) is 16.9. The first kappa shape index (κ1) is 18.0. The van der Waals surface area contributed by atoms with E-state index >= 15 is 0 Å². The van der Waals surface area contributed by atoms with Crippen molar-refractivity contribution < 1.29 is 14.6 Å². The van der Waals surface area contributed by atoms with Crippen LogP contribution in [-0.2, 0) is 4.79 Å². The molecule has 0 aliphatic carbocycles. The summed E-state index contributed by atoms with van der Waals surface area (Å²) in [7, 11) is 0. The van der Waals surface area contributed by atoms with Crippen LogP contribution in [0.15, 0.2) is 53.5 Å². The number of alkyl halides is 1. The fourth-order valence-electron chi connectivity index (χ4n) is 3.66. The second-order valence-corrected chi connectivity index (χ2v) is 6.91. The van der Waals surface area contributed by atoms with E-state index in [0.717, 1.165) is 6.54 Å². The molecular weight excluding hydrogens is 366 g/mol. The van der Waals surface area contributed by atoms with Crippen LogP contribution in [-0.4, -0.2) is 48.3 Å². The maximum Gasteiger partial charge on any atom is 0.318 e. The summed E-state index contributed by atoms with van der Waals surface area (Å²) in [6, 6.07) is 14.3. The number of para-hydroxylation sites is 3. The molecule has 1 fully saturated rings. The second kappa shape index (κ2) is 7.31. The lowest BCUT2D eigenvalue weighted by Gasteiger charge is -2.39. The number of hydrogen-bond acceptors (Lipinski definition) is 5. The van der Waals surface area contributed by atoms with E-state index in [4.69, 9.17) is 21.3 Å². The topological polar surface area (TPSA) is 83.0 Å².